The van der Waals surface area contributed by atoms with E-state index < -0.39 is 5.41 Å². The number of fused-ring (bicyclic) bond motifs is 1. The van der Waals surface area contributed by atoms with Crippen molar-refractivity contribution in [3.8, 4) is 0 Å². The van der Waals surface area contributed by atoms with Crippen molar-refractivity contribution in [2.75, 3.05) is 0 Å². The Balaban J connectivity index is 1.66. The molecule has 0 saturated carbocycles. The highest BCUT2D eigenvalue weighted by atomic mass is 16.2. The van der Waals surface area contributed by atoms with E-state index in [0.29, 0.717) is 5.56 Å². The van der Waals surface area contributed by atoms with Gasteiger partial charge < -0.3 is 0 Å². The normalized spacial score (nSPS) is 19.0. The van der Waals surface area contributed by atoms with Crippen LogP contribution in [-0.2, 0) is 10.2 Å². The van der Waals surface area contributed by atoms with E-state index in [-0.39, 0.29) is 17.1 Å². The van der Waals surface area contributed by atoms with Crippen LogP contribution in [-0.4, -0.2) is 11.6 Å². The highest BCUT2D eigenvalue weighted by Gasteiger charge is 2.52. The van der Waals surface area contributed by atoms with E-state index in [4.69, 9.17) is 0 Å². The summed E-state index contributed by atoms with van der Waals surface area (Å²) in [7, 11) is 0. The number of rotatable bonds is 5. The zero-order chi connectivity index (χ0) is 23.8. The van der Waals surface area contributed by atoms with Gasteiger partial charge in [-0.1, -0.05) is 115 Å². The summed E-state index contributed by atoms with van der Waals surface area (Å²) in [6.07, 6.45) is 3.51. The minimum atomic E-state index is -1.03. The van der Waals surface area contributed by atoms with E-state index >= 15 is 0 Å². The van der Waals surface area contributed by atoms with Gasteiger partial charge >= 0.3 is 0 Å². The largest absolute Gasteiger partial charge is 0.292 e. The molecule has 0 saturated heterocycles. The highest BCUT2D eigenvalue weighted by Crippen LogP contribution is 2.55. The number of hydrogen-bond donors (Lipinski definition) is 0. The molecule has 2 nitrogen and oxygen atoms in total. The number of Topliss-reactive ketones (excluding diaryl/α,β-unsaturated/α-hetero) is 2. The molecule has 0 spiro atoms. The van der Waals surface area contributed by atoms with Gasteiger partial charge in [-0.3, -0.25) is 9.59 Å². The Hall–Kier alpha value is -4.30. The molecule has 35 heavy (non-hydrogen) atoms. The van der Waals surface area contributed by atoms with Crippen LogP contribution >= 0.6 is 0 Å². The van der Waals surface area contributed by atoms with Crippen LogP contribution in [0.3, 0.4) is 0 Å². The molecule has 4 aromatic carbocycles. The zero-order valence-electron chi connectivity index (χ0n) is 19.3. The molecule has 1 unspecified atom stereocenters. The summed E-state index contributed by atoms with van der Waals surface area (Å²) in [4.78, 5) is 28.4. The van der Waals surface area contributed by atoms with Gasteiger partial charge in [-0.15, -0.1) is 0 Å². The fourth-order valence-electron chi connectivity index (χ4n) is 5.62. The monoisotopic (exact) mass is 452 g/mol. The molecule has 168 valence electrons. The van der Waals surface area contributed by atoms with Crippen molar-refractivity contribution in [2.45, 2.75) is 18.3 Å². The van der Waals surface area contributed by atoms with Gasteiger partial charge in [-0.2, -0.15) is 0 Å². The van der Waals surface area contributed by atoms with Crippen LogP contribution < -0.4 is 0 Å². The van der Waals surface area contributed by atoms with Crippen LogP contribution in [0.15, 0.2) is 126 Å². The van der Waals surface area contributed by atoms with Crippen LogP contribution in [0.4, 0.5) is 0 Å². The van der Waals surface area contributed by atoms with Crippen molar-refractivity contribution in [1.82, 2.24) is 0 Å². The van der Waals surface area contributed by atoms with E-state index in [2.05, 4.69) is 18.2 Å². The van der Waals surface area contributed by atoms with Gasteiger partial charge in [0.1, 0.15) is 5.41 Å². The lowest BCUT2D eigenvalue weighted by atomic mass is 9.55. The summed E-state index contributed by atoms with van der Waals surface area (Å²) in [5.41, 5.74) is 5.95. The molecule has 0 amide bonds. The molecule has 4 aromatic rings. The Morgan fingerprint density at radius 2 is 1.26 bits per heavy atom. The molecule has 0 aromatic heterocycles. The Kier molecular flexibility index (Phi) is 5.15. The fraction of sp³-hybridized carbons (Fsp3) is 0.0909. The standard InChI is InChI=1S/C33H24O2/c34-31(24-14-6-2-7-15-24)28-22-25-16-10-11-19-29(25)33(32(28)35,26-17-8-3-9-18-26)30-21-20-27(30)23-12-4-1-5-13-23/h1-19,22H,20-21H2. The predicted molar refractivity (Wildman–Crippen MR) is 140 cm³/mol. The second-order valence-corrected chi connectivity index (χ2v) is 9.11. The first-order valence-corrected chi connectivity index (χ1v) is 12.0. The first kappa shape index (κ1) is 21.2. The maximum absolute atomic E-state index is 14.7. The summed E-state index contributed by atoms with van der Waals surface area (Å²) < 4.78 is 0. The molecule has 6 rings (SSSR count). The third-order valence-corrected chi connectivity index (χ3v) is 7.30. The molecule has 2 aliphatic rings. The van der Waals surface area contributed by atoms with Gasteiger partial charge in [-0.25, -0.2) is 0 Å². The summed E-state index contributed by atoms with van der Waals surface area (Å²) in [6, 6.07) is 37.4. The summed E-state index contributed by atoms with van der Waals surface area (Å²) in [5, 5.41) is 0. The lowest BCUT2D eigenvalue weighted by Crippen LogP contribution is -2.46. The van der Waals surface area contributed by atoms with Crippen molar-refractivity contribution in [3.05, 3.63) is 154 Å². The summed E-state index contributed by atoms with van der Waals surface area (Å²) in [6.45, 7) is 0. The molecule has 0 bridgehead atoms. The average Bonchev–Trinajstić information content (AvgIpc) is 2.90. The number of ketones is 2. The molecule has 0 fully saturated rings. The number of hydrogen-bond acceptors (Lipinski definition) is 2. The third kappa shape index (κ3) is 3.25. The fourth-order valence-corrected chi connectivity index (χ4v) is 5.62. The molecule has 0 radical (unpaired) electrons. The van der Waals surface area contributed by atoms with Crippen molar-refractivity contribution in [3.63, 3.8) is 0 Å². The lowest BCUT2D eigenvalue weighted by Gasteiger charge is -2.44. The quantitative estimate of drug-likeness (QED) is 0.240. The van der Waals surface area contributed by atoms with E-state index in [9.17, 15) is 9.59 Å². The smallest absolute Gasteiger partial charge is 0.196 e. The molecule has 0 N–H and O–H groups in total. The molecular formula is C33H24O2. The SMILES string of the molecule is O=C(C1=Cc2ccccc2C(C2=C(c3ccccc3)CC2)(c2ccccc2)C1=O)c1ccccc1. The first-order chi connectivity index (χ1) is 17.2. The number of carbonyl (C=O) groups is 2. The van der Waals surface area contributed by atoms with Crippen LogP contribution in [0, 0.1) is 0 Å². The zero-order valence-corrected chi connectivity index (χ0v) is 19.3. The maximum atomic E-state index is 14.7. The minimum Gasteiger partial charge on any atom is -0.292 e. The van der Waals surface area contributed by atoms with Crippen LogP contribution in [0.1, 0.15) is 45.5 Å². The number of carbonyl (C=O) groups excluding carboxylic acids is 2. The van der Waals surface area contributed by atoms with Gasteiger partial charge in [0.25, 0.3) is 0 Å². The van der Waals surface area contributed by atoms with Gasteiger partial charge in [0.05, 0.1) is 5.57 Å². The first-order valence-electron chi connectivity index (χ1n) is 12.0. The molecule has 2 heteroatoms. The number of allylic oxidation sites excluding steroid dienone is 3. The van der Waals surface area contributed by atoms with Gasteiger partial charge in [0.2, 0.25) is 0 Å². The van der Waals surface area contributed by atoms with Gasteiger partial charge in [0, 0.05) is 5.56 Å². The predicted octanol–water partition coefficient (Wildman–Crippen LogP) is 7.07. The van der Waals surface area contributed by atoms with Crippen LogP contribution in [0.25, 0.3) is 11.6 Å². The van der Waals surface area contributed by atoms with Crippen molar-refractivity contribution < 1.29 is 9.59 Å². The summed E-state index contributed by atoms with van der Waals surface area (Å²) in [5.74, 6) is -0.369. The Morgan fingerprint density at radius 1 is 0.657 bits per heavy atom. The Labute approximate surface area is 205 Å². The van der Waals surface area contributed by atoms with Crippen LogP contribution in [0.5, 0.6) is 0 Å². The molecular weight excluding hydrogens is 428 g/mol. The van der Waals surface area contributed by atoms with Gasteiger partial charge in [0.15, 0.2) is 11.6 Å². The van der Waals surface area contributed by atoms with Crippen LogP contribution in [0.2, 0.25) is 0 Å². The second-order valence-electron chi connectivity index (χ2n) is 9.11. The lowest BCUT2D eigenvalue weighted by molar-refractivity contribution is -0.118. The second kappa shape index (κ2) is 8.48. The molecule has 1 atom stereocenters. The van der Waals surface area contributed by atoms with Crippen molar-refractivity contribution in [1.29, 1.82) is 0 Å². The van der Waals surface area contributed by atoms with E-state index in [1.807, 2.05) is 84.9 Å². The van der Waals surface area contributed by atoms with E-state index in [1.165, 1.54) is 5.57 Å². The number of benzene rings is 4. The van der Waals surface area contributed by atoms with Gasteiger partial charge in [-0.05, 0) is 52.3 Å². The van der Waals surface area contributed by atoms with Crippen molar-refractivity contribution >= 4 is 23.2 Å². The third-order valence-electron chi connectivity index (χ3n) is 7.30. The van der Waals surface area contributed by atoms with E-state index in [1.54, 1.807) is 18.2 Å². The average molecular weight is 453 g/mol. The molecule has 0 heterocycles. The highest BCUT2D eigenvalue weighted by molar-refractivity contribution is 6.34. The maximum Gasteiger partial charge on any atom is 0.196 e. The topological polar surface area (TPSA) is 34.1 Å². The summed E-state index contributed by atoms with van der Waals surface area (Å²) >= 11 is 0. The molecule has 2 aliphatic carbocycles. The minimum absolute atomic E-state index is 0.139. The molecule has 0 aliphatic heterocycles. The van der Waals surface area contributed by atoms with E-state index in [0.717, 1.165) is 40.7 Å². The van der Waals surface area contributed by atoms with Crippen molar-refractivity contribution in [2.24, 2.45) is 0 Å². The Bertz CT molecular complexity index is 1490. The Morgan fingerprint density at radius 3 is 1.91 bits per heavy atom.